The fourth-order valence-electron chi connectivity index (χ4n) is 2.18. The number of nitrogens with zero attached hydrogens (tertiary/aromatic N) is 3. The summed E-state index contributed by atoms with van der Waals surface area (Å²) in [6.07, 6.45) is -4.55. The number of benzene rings is 2. The van der Waals surface area contributed by atoms with Gasteiger partial charge < -0.3 is 15.4 Å². The van der Waals surface area contributed by atoms with Gasteiger partial charge in [0.15, 0.2) is 6.61 Å². The predicted octanol–water partition coefficient (Wildman–Crippen LogP) is 4.96. The summed E-state index contributed by atoms with van der Waals surface area (Å²) in [6, 6.07) is 11.8. The van der Waals surface area contributed by atoms with Crippen LogP contribution in [0, 0.1) is 5.82 Å². The van der Waals surface area contributed by atoms with Crippen LogP contribution in [0.1, 0.15) is 5.56 Å². The third kappa shape index (κ3) is 6.75. The van der Waals surface area contributed by atoms with Crippen molar-refractivity contribution >= 4 is 29.2 Å². The molecule has 3 aromatic rings. The smallest absolute Gasteiger partial charge is 0.422 e. The summed E-state index contributed by atoms with van der Waals surface area (Å²) in [6.45, 7) is -1.34. The maximum Gasteiger partial charge on any atom is 0.422 e. The molecule has 0 atom stereocenters. The van der Waals surface area contributed by atoms with Gasteiger partial charge in [-0.3, -0.25) is 0 Å². The Kier molecular flexibility index (Phi) is 6.32. The number of aromatic nitrogens is 3. The summed E-state index contributed by atoms with van der Waals surface area (Å²) in [7, 11) is 0. The number of nitrogens with one attached hydrogen (secondary N) is 2. The average molecular weight is 428 g/mol. The number of rotatable bonds is 7. The summed E-state index contributed by atoms with van der Waals surface area (Å²) < 4.78 is 55.0. The second kappa shape index (κ2) is 8.91. The van der Waals surface area contributed by atoms with Crippen LogP contribution >= 0.6 is 11.6 Å². The minimum Gasteiger partial charge on any atom is -0.454 e. The van der Waals surface area contributed by atoms with Gasteiger partial charge in [0.05, 0.1) is 0 Å². The second-order valence-electron chi connectivity index (χ2n) is 5.78. The van der Waals surface area contributed by atoms with Crippen molar-refractivity contribution in [2.24, 2.45) is 0 Å². The Hall–Kier alpha value is -3.14. The van der Waals surface area contributed by atoms with E-state index in [9.17, 15) is 17.6 Å². The van der Waals surface area contributed by atoms with Crippen LogP contribution in [0.2, 0.25) is 5.02 Å². The number of hydrogen-bond acceptors (Lipinski definition) is 6. The van der Waals surface area contributed by atoms with Gasteiger partial charge in [0.1, 0.15) is 5.82 Å². The number of anilines is 3. The molecular formula is C18H14ClF4N5O. The maximum atomic E-state index is 13.0. The van der Waals surface area contributed by atoms with E-state index in [-0.39, 0.29) is 24.3 Å². The van der Waals surface area contributed by atoms with Gasteiger partial charge >= 0.3 is 12.2 Å². The van der Waals surface area contributed by atoms with E-state index in [2.05, 4.69) is 30.3 Å². The Morgan fingerprint density at radius 2 is 1.69 bits per heavy atom. The Labute approximate surface area is 167 Å². The van der Waals surface area contributed by atoms with Crippen molar-refractivity contribution < 1.29 is 22.3 Å². The van der Waals surface area contributed by atoms with Crippen LogP contribution in [0.3, 0.4) is 0 Å². The van der Waals surface area contributed by atoms with Gasteiger partial charge in [-0.15, -0.1) is 0 Å². The lowest BCUT2D eigenvalue weighted by Crippen LogP contribution is -2.21. The van der Waals surface area contributed by atoms with Crippen molar-refractivity contribution in [1.29, 1.82) is 0 Å². The molecule has 0 saturated heterocycles. The highest BCUT2D eigenvalue weighted by atomic mass is 35.5. The van der Waals surface area contributed by atoms with Crippen LogP contribution < -0.4 is 15.4 Å². The molecule has 1 aromatic heterocycles. The normalized spacial score (nSPS) is 11.2. The molecule has 0 radical (unpaired) electrons. The van der Waals surface area contributed by atoms with Gasteiger partial charge in [0, 0.05) is 17.3 Å². The lowest BCUT2D eigenvalue weighted by atomic mass is 10.2. The largest absolute Gasteiger partial charge is 0.454 e. The number of hydrogen-bond donors (Lipinski definition) is 2. The van der Waals surface area contributed by atoms with Crippen molar-refractivity contribution in [1.82, 2.24) is 15.0 Å². The zero-order valence-corrected chi connectivity index (χ0v) is 15.4. The molecule has 0 aliphatic rings. The molecule has 0 fully saturated rings. The Bertz CT molecular complexity index is 969. The molecule has 0 aliphatic heterocycles. The Balaban J connectivity index is 1.80. The van der Waals surface area contributed by atoms with Crippen molar-refractivity contribution in [3.05, 3.63) is 64.9 Å². The average Bonchev–Trinajstić information content (AvgIpc) is 2.65. The molecule has 0 saturated carbocycles. The minimum absolute atomic E-state index is 0.0222. The van der Waals surface area contributed by atoms with E-state index in [4.69, 9.17) is 11.6 Å². The lowest BCUT2D eigenvalue weighted by Gasteiger charge is -2.12. The van der Waals surface area contributed by atoms with Crippen LogP contribution in [-0.4, -0.2) is 27.7 Å². The number of halogens is 5. The Morgan fingerprint density at radius 3 is 2.38 bits per heavy atom. The molecule has 2 aromatic carbocycles. The third-order valence-corrected chi connectivity index (χ3v) is 3.66. The van der Waals surface area contributed by atoms with E-state index < -0.39 is 18.8 Å². The van der Waals surface area contributed by atoms with E-state index in [1.54, 1.807) is 36.4 Å². The molecule has 0 aliphatic carbocycles. The number of ether oxygens (including phenoxy) is 1. The SMILES string of the molecule is Fc1ccc(CNc2nc(Nc3cccc(Cl)c3)nc(OCC(F)(F)F)n2)cc1. The molecule has 0 spiro atoms. The third-order valence-electron chi connectivity index (χ3n) is 3.42. The standard InChI is InChI=1S/C18H14ClF4N5O/c19-12-2-1-3-14(8-12)25-16-26-15(24-9-11-4-6-13(20)7-5-11)27-17(28-16)29-10-18(21,22)23/h1-8H,9-10H2,(H2,24,25,26,27,28). The summed E-state index contributed by atoms with van der Waals surface area (Å²) in [5.41, 5.74) is 1.24. The van der Waals surface area contributed by atoms with Crippen LogP contribution in [0.5, 0.6) is 6.01 Å². The van der Waals surface area contributed by atoms with Gasteiger partial charge in [0.25, 0.3) is 0 Å². The fourth-order valence-corrected chi connectivity index (χ4v) is 2.37. The van der Waals surface area contributed by atoms with Gasteiger partial charge in [-0.25, -0.2) is 4.39 Å². The molecule has 0 amide bonds. The molecule has 11 heteroatoms. The lowest BCUT2D eigenvalue weighted by molar-refractivity contribution is -0.154. The van der Waals surface area contributed by atoms with E-state index >= 15 is 0 Å². The molecule has 3 rings (SSSR count). The van der Waals surface area contributed by atoms with Gasteiger partial charge in [0.2, 0.25) is 11.9 Å². The van der Waals surface area contributed by atoms with Crippen molar-refractivity contribution in [2.75, 3.05) is 17.2 Å². The topological polar surface area (TPSA) is 72.0 Å². The van der Waals surface area contributed by atoms with Gasteiger partial charge in [-0.1, -0.05) is 29.8 Å². The zero-order chi connectivity index (χ0) is 20.9. The van der Waals surface area contributed by atoms with Crippen molar-refractivity contribution in [3.8, 4) is 6.01 Å². The van der Waals surface area contributed by atoms with Crippen LogP contribution in [0.4, 0.5) is 35.1 Å². The second-order valence-corrected chi connectivity index (χ2v) is 6.22. The van der Waals surface area contributed by atoms with Gasteiger partial charge in [-0.2, -0.15) is 28.1 Å². The van der Waals surface area contributed by atoms with E-state index in [0.29, 0.717) is 16.3 Å². The van der Waals surface area contributed by atoms with E-state index in [1.807, 2.05) is 0 Å². The van der Waals surface area contributed by atoms with Crippen molar-refractivity contribution in [2.45, 2.75) is 12.7 Å². The van der Waals surface area contributed by atoms with Gasteiger partial charge in [-0.05, 0) is 35.9 Å². The number of alkyl halides is 3. The summed E-state index contributed by atoms with van der Waals surface area (Å²) >= 11 is 5.92. The molecule has 0 bridgehead atoms. The summed E-state index contributed by atoms with van der Waals surface area (Å²) in [5.74, 6) is -0.447. The molecule has 2 N–H and O–H groups in total. The van der Waals surface area contributed by atoms with Crippen LogP contribution in [-0.2, 0) is 6.54 Å². The first-order chi connectivity index (χ1) is 13.8. The van der Waals surface area contributed by atoms with Crippen molar-refractivity contribution in [3.63, 3.8) is 0 Å². The molecule has 152 valence electrons. The Morgan fingerprint density at radius 1 is 0.966 bits per heavy atom. The van der Waals surface area contributed by atoms with E-state index in [1.165, 1.54) is 12.1 Å². The van der Waals surface area contributed by atoms with Crippen LogP contribution in [0.25, 0.3) is 0 Å². The highest BCUT2D eigenvalue weighted by Crippen LogP contribution is 2.21. The highest BCUT2D eigenvalue weighted by Gasteiger charge is 2.29. The predicted molar refractivity (Wildman–Crippen MR) is 99.8 cm³/mol. The minimum atomic E-state index is -4.55. The molecule has 6 nitrogen and oxygen atoms in total. The van der Waals surface area contributed by atoms with E-state index in [0.717, 1.165) is 0 Å². The molecular weight excluding hydrogens is 414 g/mol. The molecule has 0 unspecified atom stereocenters. The highest BCUT2D eigenvalue weighted by molar-refractivity contribution is 6.30. The fraction of sp³-hybridized carbons (Fsp3) is 0.167. The monoisotopic (exact) mass is 427 g/mol. The molecule has 29 heavy (non-hydrogen) atoms. The first-order valence-corrected chi connectivity index (χ1v) is 8.61. The molecule has 1 heterocycles. The zero-order valence-electron chi connectivity index (χ0n) is 14.7. The first-order valence-electron chi connectivity index (χ1n) is 8.23. The summed E-state index contributed by atoms with van der Waals surface area (Å²) in [4.78, 5) is 11.8. The summed E-state index contributed by atoms with van der Waals surface area (Å²) in [5, 5.41) is 6.13. The maximum absolute atomic E-state index is 13.0. The van der Waals surface area contributed by atoms with Crippen LogP contribution in [0.15, 0.2) is 48.5 Å². The quantitative estimate of drug-likeness (QED) is 0.519. The first kappa shape index (κ1) is 20.6.